The van der Waals surface area contributed by atoms with Gasteiger partial charge in [0.15, 0.2) is 0 Å². The van der Waals surface area contributed by atoms with E-state index in [0.717, 1.165) is 24.2 Å². The molecule has 0 saturated carbocycles. The van der Waals surface area contributed by atoms with Gasteiger partial charge >= 0.3 is 5.97 Å². The minimum Gasteiger partial charge on any atom is -0.481 e. The molecule has 1 rings (SSSR count). The van der Waals surface area contributed by atoms with E-state index in [1.165, 1.54) is 0 Å². The van der Waals surface area contributed by atoms with Crippen molar-refractivity contribution < 1.29 is 14.6 Å². The normalized spacial score (nSPS) is 10.8. The molecule has 0 aliphatic rings. The number of aliphatic carboxylic acids is 1. The molecule has 0 amide bonds. The lowest BCUT2D eigenvalue weighted by Crippen LogP contribution is -2.01. The van der Waals surface area contributed by atoms with Gasteiger partial charge < -0.3 is 9.84 Å². The van der Waals surface area contributed by atoms with E-state index in [4.69, 9.17) is 9.84 Å². The van der Waals surface area contributed by atoms with Crippen molar-refractivity contribution in [1.82, 2.24) is 0 Å². The van der Waals surface area contributed by atoms with Crippen LogP contribution in [0.5, 0.6) is 0 Å². The molecular weight excluding hydrogens is 216 g/mol. The first-order valence-electron chi connectivity index (χ1n) is 5.95. The average molecular weight is 236 g/mol. The molecule has 1 aromatic carbocycles. The van der Waals surface area contributed by atoms with Crippen LogP contribution in [0.1, 0.15) is 31.4 Å². The van der Waals surface area contributed by atoms with Crippen LogP contribution in [-0.4, -0.2) is 17.7 Å². The maximum atomic E-state index is 10.5. The van der Waals surface area contributed by atoms with Crippen molar-refractivity contribution in [2.45, 2.75) is 33.3 Å². The number of carboxylic acid groups (broad SMARTS) is 1. The Morgan fingerprint density at radius 2 is 1.82 bits per heavy atom. The SMILES string of the molecule is CC(C)CCOCc1ccc(CC(=O)O)cc1. The maximum absolute atomic E-state index is 10.5. The highest BCUT2D eigenvalue weighted by Crippen LogP contribution is 2.07. The van der Waals surface area contributed by atoms with Crippen LogP contribution < -0.4 is 0 Å². The first kappa shape index (κ1) is 13.7. The molecule has 0 fully saturated rings. The summed E-state index contributed by atoms with van der Waals surface area (Å²) in [5, 5.41) is 8.64. The van der Waals surface area contributed by atoms with Crippen molar-refractivity contribution in [2.24, 2.45) is 5.92 Å². The van der Waals surface area contributed by atoms with Crippen molar-refractivity contribution in [3.8, 4) is 0 Å². The second-order valence-corrected chi connectivity index (χ2v) is 4.62. The van der Waals surface area contributed by atoms with Gasteiger partial charge in [0.25, 0.3) is 0 Å². The summed E-state index contributed by atoms with van der Waals surface area (Å²) in [6, 6.07) is 7.53. The monoisotopic (exact) mass is 236 g/mol. The average Bonchev–Trinajstić information content (AvgIpc) is 2.25. The highest BCUT2D eigenvalue weighted by Gasteiger charge is 2.00. The maximum Gasteiger partial charge on any atom is 0.307 e. The molecule has 0 aromatic heterocycles. The highest BCUT2D eigenvalue weighted by atomic mass is 16.5. The van der Waals surface area contributed by atoms with Gasteiger partial charge in [-0.2, -0.15) is 0 Å². The van der Waals surface area contributed by atoms with Gasteiger partial charge in [-0.15, -0.1) is 0 Å². The summed E-state index contributed by atoms with van der Waals surface area (Å²) in [5.74, 6) is -0.140. The first-order valence-corrected chi connectivity index (χ1v) is 5.95. The van der Waals surface area contributed by atoms with Gasteiger partial charge in [0.2, 0.25) is 0 Å². The zero-order chi connectivity index (χ0) is 12.7. The van der Waals surface area contributed by atoms with E-state index in [0.29, 0.717) is 12.5 Å². The van der Waals surface area contributed by atoms with Crippen LogP contribution >= 0.6 is 0 Å². The summed E-state index contributed by atoms with van der Waals surface area (Å²) in [6.07, 6.45) is 1.14. The Balaban J connectivity index is 2.32. The van der Waals surface area contributed by atoms with Crippen molar-refractivity contribution in [1.29, 1.82) is 0 Å². The third-order valence-corrected chi connectivity index (χ3v) is 2.49. The Morgan fingerprint density at radius 3 is 2.35 bits per heavy atom. The van der Waals surface area contributed by atoms with Gasteiger partial charge in [-0.25, -0.2) is 0 Å². The molecule has 0 spiro atoms. The van der Waals surface area contributed by atoms with Crippen molar-refractivity contribution >= 4 is 5.97 Å². The predicted molar refractivity (Wildman–Crippen MR) is 66.9 cm³/mol. The first-order chi connectivity index (χ1) is 8.08. The second kappa shape index (κ2) is 7.07. The van der Waals surface area contributed by atoms with E-state index in [1.807, 2.05) is 24.3 Å². The predicted octanol–water partition coefficient (Wildman–Crippen LogP) is 2.88. The lowest BCUT2D eigenvalue weighted by atomic mass is 10.1. The van der Waals surface area contributed by atoms with E-state index >= 15 is 0 Å². The molecule has 0 heterocycles. The van der Waals surface area contributed by atoms with Crippen LogP contribution in [0.25, 0.3) is 0 Å². The van der Waals surface area contributed by atoms with Crippen molar-refractivity contribution in [3.63, 3.8) is 0 Å². The lowest BCUT2D eigenvalue weighted by molar-refractivity contribution is -0.136. The van der Waals surface area contributed by atoms with Gasteiger partial charge in [0, 0.05) is 6.61 Å². The Kier molecular flexibility index (Phi) is 5.70. The summed E-state index contributed by atoms with van der Waals surface area (Å²) in [6.45, 7) is 5.71. The van der Waals surface area contributed by atoms with Gasteiger partial charge in [0.1, 0.15) is 0 Å². The zero-order valence-corrected chi connectivity index (χ0v) is 10.5. The molecule has 1 aromatic rings. The molecule has 0 radical (unpaired) electrons. The molecule has 3 heteroatoms. The van der Waals surface area contributed by atoms with Gasteiger partial charge in [-0.05, 0) is 23.5 Å². The lowest BCUT2D eigenvalue weighted by Gasteiger charge is -2.07. The number of benzene rings is 1. The number of hydrogen-bond acceptors (Lipinski definition) is 2. The molecular formula is C14H20O3. The Hall–Kier alpha value is -1.35. The third kappa shape index (κ3) is 6.07. The topological polar surface area (TPSA) is 46.5 Å². The summed E-state index contributed by atoms with van der Waals surface area (Å²) in [4.78, 5) is 10.5. The van der Waals surface area contributed by atoms with Gasteiger partial charge in [-0.1, -0.05) is 38.1 Å². The molecule has 0 atom stereocenters. The molecule has 3 nitrogen and oxygen atoms in total. The minimum atomic E-state index is -0.800. The van der Waals surface area contributed by atoms with Crippen molar-refractivity contribution in [2.75, 3.05) is 6.61 Å². The number of ether oxygens (including phenoxy) is 1. The Bertz CT molecular complexity index is 341. The van der Waals surface area contributed by atoms with Crippen LogP contribution in [0.15, 0.2) is 24.3 Å². The van der Waals surface area contributed by atoms with Crippen molar-refractivity contribution in [3.05, 3.63) is 35.4 Å². The van der Waals surface area contributed by atoms with E-state index < -0.39 is 5.97 Å². The van der Waals surface area contributed by atoms with E-state index in [9.17, 15) is 4.79 Å². The van der Waals surface area contributed by atoms with Crippen LogP contribution in [-0.2, 0) is 22.6 Å². The summed E-state index contributed by atoms with van der Waals surface area (Å²) in [5.41, 5.74) is 1.91. The summed E-state index contributed by atoms with van der Waals surface area (Å²) >= 11 is 0. The Morgan fingerprint density at radius 1 is 1.24 bits per heavy atom. The zero-order valence-electron chi connectivity index (χ0n) is 10.5. The molecule has 0 saturated heterocycles. The highest BCUT2D eigenvalue weighted by molar-refractivity contribution is 5.70. The van der Waals surface area contributed by atoms with Crippen LogP contribution in [0.3, 0.4) is 0 Å². The third-order valence-electron chi connectivity index (χ3n) is 2.49. The molecule has 0 unspecified atom stereocenters. The molecule has 94 valence electrons. The molecule has 0 aliphatic carbocycles. The summed E-state index contributed by atoms with van der Waals surface area (Å²) < 4.78 is 5.54. The molecule has 1 N–H and O–H groups in total. The Labute approximate surface area is 102 Å². The van der Waals surface area contributed by atoms with Crippen LogP contribution in [0, 0.1) is 5.92 Å². The number of hydrogen-bond donors (Lipinski definition) is 1. The van der Waals surface area contributed by atoms with Crippen LogP contribution in [0.2, 0.25) is 0 Å². The summed E-state index contributed by atoms with van der Waals surface area (Å²) in [7, 11) is 0. The molecule has 17 heavy (non-hydrogen) atoms. The molecule has 0 aliphatic heterocycles. The minimum absolute atomic E-state index is 0.0779. The van der Waals surface area contributed by atoms with E-state index in [1.54, 1.807) is 0 Å². The fourth-order valence-corrected chi connectivity index (χ4v) is 1.44. The number of rotatable bonds is 7. The van der Waals surface area contributed by atoms with Gasteiger partial charge in [0.05, 0.1) is 13.0 Å². The number of carboxylic acids is 1. The standard InChI is InChI=1S/C14H20O3/c1-11(2)7-8-17-10-13-5-3-12(4-6-13)9-14(15)16/h3-6,11H,7-10H2,1-2H3,(H,15,16). The molecule has 0 bridgehead atoms. The van der Waals surface area contributed by atoms with E-state index in [-0.39, 0.29) is 6.42 Å². The fraction of sp³-hybridized carbons (Fsp3) is 0.500. The van der Waals surface area contributed by atoms with Gasteiger partial charge in [-0.3, -0.25) is 4.79 Å². The number of carbonyl (C=O) groups is 1. The fourth-order valence-electron chi connectivity index (χ4n) is 1.44. The second-order valence-electron chi connectivity index (χ2n) is 4.62. The smallest absolute Gasteiger partial charge is 0.307 e. The largest absolute Gasteiger partial charge is 0.481 e. The van der Waals surface area contributed by atoms with E-state index in [2.05, 4.69) is 13.8 Å². The van der Waals surface area contributed by atoms with Crippen LogP contribution in [0.4, 0.5) is 0 Å². The quantitative estimate of drug-likeness (QED) is 0.740.